The van der Waals surface area contributed by atoms with Gasteiger partial charge >= 0.3 is 0 Å². The van der Waals surface area contributed by atoms with Gasteiger partial charge in [-0.2, -0.15) is 0 Å². The van der Waals surface area contributed by atoms with Crippen molar-refractivity contribution in [3.63, 3.8) is 0 Å². The average molecular weight is 291 g/mol. The number of aryl methyl sites for hydroxylation is 1. The van der Waals surface area contributed by atoms with Crippen molar-refractivity contribution in [3.05, 3.63) is 77.9 Å². The lowest BCUT2D eigenvalue weighted by atomic mass is 10.0. The molecule has 0 fully saturated rings. The van der Waals surface area contributed by atoms with Crippen molar-refractivity contribution >= 4 is 10.8 Å². The summed E-state index contributed by atoms with van der Waals surface area (Å²) in [6.07, 6.45) is 0.801. The van der Waals surface area contributed by atoms with Crippen molar-refractivity contribution in [2.45, 2.75) is 19.4 Å². The summed E-state index contributed by atoms with van der Waals surface area (Å²) in [4.78, 5) is 0. The molecule has 0 saturated heterocycles. The summed E-state index contributed by atoms with van der Waals surface area (Å²) in [5, 5.41) is 2.43. The summed E-state index contributed by atoms with van der Waals surface area (Å²) in [5.41, 5.74) is 8.63. The molecule has 0 aliphatic heterocycles. The molecular formula is C20H21NO. The Labute approximate surface area is 131 Å². The maximum atomic E-state index is 6.22. The fraction of sp³-hybridized carbons (Fsp3) is 0.200. The van der Waals surface area contributed by atoms with Gasteiger partial charge in [-0.05, 0) is 35.4 Å². The number of rotatable bonds is 5. The fourth-order valence-corrected chi connectivity index (χ4v) is 2.54. The van der Waals surface area contributed by atoms with Crippen molar-refractivity contribution in [2.24, 2.45) is 5.73 Å². The number of fused-ring (bicyclic) bond motifs is 1. The Bertz CT molecular complexity index is 749. The lowest BCUT2D eigenvalue weighted by Crippen LogP contribution is -2.14. The third kappa shape index (κ3) is 3.46. The summed E-state index contributed by atoms with van der Waals surface area (Å²) in [6, 6.07) is 22.9. The molecule has 2 N–H and O–H groups in total. The Morgan fingerprint density at radius 3 is 2.41 bits per heavy atom. The molecule has 0 amide bonds. The zero-order valence-electron chi connectivity index (χ0n) is 12.8. The quantitative estimate of drug-likeness (QED) is 0.744. The summed E-state index contributed by atoms with van der Waals surface area (Å²) >= 11 is 0. The van der Waals surface area contributed by atoms with Gasteiger partial charge in [0.15, 0.2) is 0 Å². The first-order valence-corrected chi connectivity index (χ1v) is 7.66. The highest BCUT2D eigenvalue weighted by atomic mass is 16.5. The van der Waals surface area contributed by atoms with E-state index in [9.17, 15) is 0 Å². The highest BCUT2D eigenvalue weighted by Crippen LogP contribution is 2.21. The van der Waals surface area contributed by atoms with E-state index in [-0.39, 0.29) is 6.04 Å². The van der Waals surface area contributed by atoms with E-state index in [0.29, 0.717) is 6.61 Å². The summed E-state index contributed by atoms with van der Waals surface area (Å²) in [6.45, 7) is 2.70. The molecule has 0 spiro atoms. The maximum Gasteiger partial charge on any atom is 0.119 e. The second kappa shape index (κ2) is 6.63. The van der Waals surface area contributed by atoms with Crippen LogP contribution in [0.2, 0.25) is 0 Å². The van der Waals surface area contributed by atoms with Crippen LogP contribution in [0.5, 0.6) is 5.75 Å². The SMILES string of the molecule is Cc1ccc(C(N)CCOc2ccc3ccccc3c2)cc1. The molecule has 0 aliphatic carbocycles. The van der Waals surface area contributed by atoms with Crippen LogP contribution in [0.3, 0.4) is 0 Å². The monoisotopic (exact) mass is 291 g/mol. The first-order chi connectivity index (χ1) is 10.7. The van der Waals surface area contributed by atoms with Crippen LogP contribution in [-0.4, -0.2) is 6.61 Å². The molecule has 112 valence electrons. The molecule has 3 aromatic carbocycles. The number of hydrogen-bond acceptors (Lipinski definition) is 2. The van der Waals surface area contributed by atoms with E-state index in [4.69, 9.17) is 10.5 Å². The van der Waals surface area contributed by atoms with Gasteiger partial charge in [-0.15, -0.1) is 0 Å². The first kappa shape index (κ1) is 14.6. The molecule has 2 nitrogen and oxygen atoms in total. The molecule has 3 aromatic rings. The van der Waals surface area contributed by atoms with Gasteiger partial charge in [-0.25, -0.2) is 0 Å². The highest BCUT2D eigenvalue weighted by molar-refractivity contribution is 5.83. The van der Waals surface area contributed by atoms with Crippen LogP contribution in [-0.2, 0) is 0 Å². The van der Waals surface area contributed by atoms with Crippen molar-refractivity contribution in [3.8, 4) is 5.75 Å². The zero-order chi connectivity index (χ0) is 15.4. The fourth-order valence-electron chi connectivity index (χ4n) is 2.54. The molecular weight excluding hydrogens is 270 g/mol. The lowest BCUT2D eigenvalue weighted by Gasteiger charge is -2.13. The zero-order valence-corrected chi connectivity index (χ0v) is 12.8. The highest BCUT2D eigenvalue weighted by Gasteiger charge is 2.06. The van der Waals surface area contributed by atoms with Crippen molar-refractivity contribution in [1.82, 2.24) is 0 Å². The van der Waals surface area contributed by atoms with E-state index in [1.807, 2.05) is 18.2 Å². The topological polar surface area (TPSA) is 35.2 Å². The van der Waals surface area contributed by atoms with E-state index in [1.54, 1.807) is 0 Å². The van der Waals surface area contributed by atoms with Crippen LogP contribution in [0.1, 0.15) is 23.6 Å². The minimum atomic E-state index is 0.0149. The summed E-state index contributed by atoms with van der Waals surface area (Å²) < 4.78 is 5.85. The normalized spacial score (nSPS) is 12.3. The van der Waals surface area contributed by atoms with Gasteiger partial charge in [-0.1, -0.05) is 60.2 Å². The summed E-state index contributed by atoms with van der Waals surface area (Å²) in [5.74, 6) is 0.898. The van der Waals surface area contributed by atoms with Gasteiger partial charge in [0.25, 0.3) is 0 Å². The van der Waals surface area contributed by atoms with Crippen LogP contribution in [0.15, 0.2) is 66.7 Å². The second-order valence-corrected chi connectivity index (χ2v) is 5.66. The largest absolute Gasteiger partial charge is 0.494 e. The Hall–Kier alpha value is -2.32. The molecule has 3 rings (SSSR count). The molecule has 1 unspecified atom stereocenters. The standard InChI is InChI=1S/C20H21NO/c1-15-6-8-17(9-7-15)20(21)12-13-22-19-11-10-16-4-2-3-5-18(16)14-19/h2-11,14,20H,12-13,21H2,1H3. The third-order valence-corrected chi connectivity index (χ3v) is 3.92. The number of benzene rings is 3. The second-order valence-electron chi connectivity index (χ2n) is 5.66. The molecule has 22 heavy (non-hydrogen) atoms. The van der Waals surface area contributed by atoms with Gasteiger partial charge in [0, 0.05) is 12.5 Å². The molecule has 0 bridgehead atoms. The molecule has 0 radical (unpaired) electrons. The van der Waals surface area contributed by atoms with Crippen molar-refractivity contribution < 1.29 is 4.74 Å². The molecule has 0 saturated carbocycles. The van der Waals surface area contributed by atoms with Gasteiger partial charge in [0.1, 0.15) is 5.75 Å². The lowest BCUT2D eigenvalue weighted by molar-refractivity contribution is 0.299. The molecule has 0 aromatic heterocycles. The van der Waals surface area contributed by atoms with Gasteiger partial charge in [-0.3, -0.25) is 0 Å². The van der Waals surface area contributed by atoms with Crippen LogP contribution < -0.4 is 10.5 Å². The Balaban J connectivity index is 1.58. The van der Waals surface area contributed by atoms with Gasteiger partial charge in [0.2, 0.25) is 0 Å². The third-order valence-electron chi connectivity index (χ3n) is 3.92. The van der Waals surface area contributed by atoms with Crippen LogP contribution >= 0.6 is 0 Å². The van der Waals surface area contributed by atoms with Gasteiger partial charge < -0.3 is 10.5 Å². The maximum absolute atomic E-state index is 6.22. The number of ether oxygens (including phenoxy) is 1. The van der Waals surface area contributed by atoms with E-state index >= 15 is 0 Å². The molecule has 1 atom stereocenters. The molecule has 2 heteroatoms. The minimum absolute atomic E-state index is 0.0149. The predicted molar refractivity (Wildman–Crippen MR) is 92.2 cm³/mol. The van der Waals surface area contributed by atoms with E-state index in [2.05, 4.69) is 55.5 Å². The van der Waals surface area contributed by atoms with E-state index in [1.165, 1.54) is 16.3 Å². The average Bonchev–Trinajstić information content (AvgIpc) is 2.55. The van der Waals surface area contributed by atoms with Crippen LogP contribution in [0.4, 0.5) is 0 Å². The van der Waals surface area contributed by atoms with E-state index < -0.39 is 0 Å². The number of nitrogens with two attached hydrogens (primary N) is 1. The van der Waals surface area contributed by atoms with Crippen molar-refractivity contribution in [2.75, 3.05) is 6.61 Å². The number of hydrogen-bond donors (Lipinski definition) is 1. The smallest absolute Gasteiger partial charge is 0.119 e. The first-order valence-electron chi connectivity index (χ1n) is 7.66. The molecule has 0 heterocycles. The minimum Gasteiger partial charge on any atom is -0.494 e. The molecule has 0 aliphatic rings. The van der Waals surface area contributed by atoms with Crippen LogP contribution in [0.25, 0.3) is 10.8 Å². The van der Waals surface area contributed by atoms with E-state index in [0.717, 1.165) is 17.7 Å². The summed E-state index contributed by atoms with van der Waals surface area (Å²) in [7, 11) is 0. The van der Waals surface area contributed by atoms with Gasteiger partial charge in [0.05, 0.1) is 6.61 Å². The Morgan fingerprint density at radius 1 is 0.909 bits per heavy atom. The van der Waals surface area contributed by atoms with Crippen LogP contribution in [0, 0.1) is 6.92 Å². The van der Waals surface area contributed by atoms with Crippen molar-refractivity contribution in [1.29, 1.82) is 0 Å². The Morgan fingerprint density at radius 2 is 1.64 bits per heavy atom. The Kier molecular flexibility index (Phi) is 4.40. The predicted octanol–water partition coefficient (Wildman–Crippen LogP) is 4.62.